The lowest BCUT2D eigenvalue weighted by Crippen LogP contribution is -2.02. The highest BCUT2D eigenvalue weighted by atomic mass is 35.5. The van der Waals surface area contributed by atoms with Gasteiger partial charge >= 0.3 is 0 Å². The molecule has 0 aliphatic heterocycles. The van der Waals surface area contributed by atoms with E-state index >= 15 is 0 Å². The molecule has 27 heavy (non-hydrogen) atoms. The maximum Gasteiger partial charge on any atom is 0.270 e. The van der Waals surface area contributed by atoms with Crippen LogP contribution in [0.2, 0.25) is 5.02 Å². The Labute approximate surface area is 160 Å². The number of nitrogens with one attached hydrogen (secondary N) is 1. The molecule has 0 amide bonds. The van der Waals surface area contributed by atoms with Crippen molar-refractivity contribution in [3.63, 3.8) is 0 Å². The number of halogens is 1. The van der Waals surface area contributed by atoms with Crippen molar-refractivity contribution in [2.75, 3.05) is 5.43 Å². The SMILES string of the molecule is O=[N+]([O-])c1cccc(/C(N=Nc2ccc(Cl)cc2)=N\Nc2ccccc2)c1. The number of benzene rings is 3. The molecule has 7 nitrogen and oxygen atoms in total. The van der Waals surface area contributed by atoms with Gasteiger partial charge in [-0.1, -0.05) is 41.9 Å². The van der Waals surface area contributed by atoms with Crippen LogP contribution in [0.5, 0.6) is 0 Å². The van der Waals surface area contributed by atoms with Gasteiger partial charge in [0.05, 0.1) is 16.3 Å². The zero-order valence-corrected chi connectivity index (χ0v) is 14.7. The summed E-state index contributed by atoms with van der Waals surface area (Å²) in [6.45, 7) is 0. The van der Waals surface area contributed by atoms with E-state index in [1.54, 1.807) is 36.4 Å². The van der Waals surface area contributed by atoms with E-state index in [0.29, 0.717) is 16.3 Å². The summed E-state index contributed by atoms with van der Waals surface area (Å²) in [6.07, 6.45) is 0. The Morgan fingerprint density at radius 1 is 0.963 bits per heavy atom. The molecule has 0 heterocycles. The van der Waals surface area contributed by atoms with Gasteiger partial charge in [0, 0.05) is 22.7 Å². The molecule has 134 valence electrons. The number of hydrogen-bond donors (Lipinski definition) is 1. The molecule has 0 saturated carbocycles. The molecular formula is C19H14ClN5O2. The van der Waals surface area contributed by atoms with Crippen molar-refractivity contribution in [2.45, 2.75) is 0 Å². The number of hydrazone groups is 1. The Balaban J connectivity index is 1.94. The molecule has 0 spiro atoms. The molecule has 3 rings (SSSR count). The molecule has 8 heteroatoms. The van der Waals surface area contributed by atoms with Crippen molar-refractivity contribution in [2.24, 2.45) is 15.3 Å². The molecule has 0 aliphatic carbocycles. The third-order valence-electron chi connectivity index (χ3n) is 3.47. The predicted octanol–water partition coefficient (Wildman–Crippen LogP) is 5.81. The fourth-order valence-electron chi connectivity index (χ4n) is 2.15. The van der Waals surface area contributed by atoms with Crippen molar-refractivity contribution < 1.29 is 4.92 Å². The van der Waals surface area contributed by atoms with Gasteiger partial charge < -0.3 is 0 Å². The first-order valence-corrected chi connectivity index (χ1v) is 8.30. The lowest BCUT2D eigenvalue weighted by molar-refractivity contribution is -0.384. The zero-order chi connectivity index (χ0) is 19.1. The summed E-state index contributed by atoms with van der Waals surface area (Å²) in [5.41, 5.74) is 4.62. The van der Waals surface area contributed by atoms with Gasteiger partial charge in [0.15, 0.2) is 0 Å². The fraction of sp³-hybridized carbons (Fsp3) is 0. The molecule has 3 aromatic rings. The number of nitrogens with zero attached hydrogens (tertiary/aromatic N) is 4. The molecule has 0 atom stereocenters. The number of para-hydroxylation sites is 1. The predicted molar refractivity (Wildman–Crippen MR) is 106 cm³/mol. The van der Waals surface area contributed by atoms with E-state index in [-0.39, 0.29) is 11.5 Å². The van der Waals surface area contributed by atoms with Crippen LogP contribution >= 0.6 is 11.6 Å². The smallest absolute Gasteiger partial charge is 0.270 e. The van der Waals surface area contributed by atoms with Gasteiger partial charge in [0.1, 0.15) is 0 Å². The molecule has 3 aromatic carbocycles. The molecule has 0 unspecified atom stereocenters. The highest BCUT2D eigenvalue weighted by molar-refractivity contribution is 6.30. The third kappa shape index (κ3) is 5.20. The number of rotatable bonds is 5. The normalized spacial score (nSPS) is 11.5. The van der Waals surface area contributed by atoms with E-state index in [1.165, 1.54) is 12.1 Å². The number of azo groups is 1. The highest BCUT2D eigenvalue weighted by Crippen LogP contribution is 2.19. The van der Waals surface area contributed by atoms with Crippen LogP contribution in [0.15, 0.2) is 94.2 Å². The molecule has 0 saturated heterocycles. The Bertz CT molecular complexity index is 988. The summed E-state index contributed by atoms with van der Waals surface area (Å²) in [4.78, 5) is 10.6. The molecule has 1 N–H and O–H groups in total. The highest BCUT2D eigenvalue weighted by Gasteiger charge is 2.10. The van der Waals surface area contributed by atoms with Crippen molar-refractivity contribution in [3.8, 4) is 0 Å². The van der Waals surface area contributed by atoms with Crippen LogP contribution in [0.4, 0.5) is 17.1 Å². The largest absolute Gasteiger partial charge is 0.276 e. The van der Waals surface area contributed by atoms with Crippen LogP contribution in [0.25, 0.3) is 0 Å². The minimum Gasteiger partial charge on any atom is -0.276 e. The number of nitro groups is 1. The van der Waals surface area contributed by atoms with E-state index in [0.717, 1.165) is 5.69 Å². The second kappa shape index (κ2) is 8.68. The van der Waals surface area contributed by atoms with Gasteiger partial charge in [-0.05, 0) is 36.4 Å². The lowest BCUT2D eigenvalue weighted by Gasteiger charge is -2.03. The van der Waals surface area contributed by atoms with E-state index in [9.17, 15) is 10.1 Å². The summed E-state index contributed by atoms with van der Waals surface area (Å²) < 4.78 is 0. The van der Waals surface area contributed by atoms with E-state index in [2.05, 4.69) is 20.8 Å². The summed E-state index contributed by atoms with van der Waals surface area (Å²) in [6, 6.07) is 22.2. The summed E-state index contributed by atoms with van der Waals surface area (Å²) in [7, 11) is 0. The van der Waals surface area contributed by atoms with Crippen LogP contribution in [0.1, 0.15) is 5.56 Å². The first kappa shape index (κ1) is 18.2. The van der Waals surface area contributed by atoms with Gasteiger partial charge in [-0.15, -0.1) is 10.2 Å². The molecular weight excluding hydrogens is 366 g/mol. The second-order valence-electron chi connectivity index (χ2n) is 5.40. The zero-order valence-electron chi connectivity index (χ0n) is 14.0. The van der Waals surface area contributed by atoms with Crippen LogP contribution in [0.3, 0.4) is 0 Å². The molecule has 0 radical (unpaired) electrons. The minimum absolute atomic E-state index is 0.0541. The first-order chi connectivity index (χ1) is 13.1. The average molecular weight is 380 g/mol. The Morgan fingerprint density at radius 3 is 2.41 bits per heavy atom. The van der Waals surface area contributed by atoms with Crippen molar-refractivity contribution in [3.05, 3.63) is 99.6 Å². The Morgan fingerprint density at radius 2 is 1.70 bits per heavy atom. The second-order valence-corrected chi connectivity index (χ2v) is 5.83. The minimum atomic E-state index is -0.470. The van der Waals surface area contributed by atoms with Crippen LogP contribution in [0, 0.1) is 10.1 Å². The van der Waals surface area contributed by atoms with Gasteiger partial charge in [-0.25, -0.2) is 0 Å². The van der Waals surface area contributed by atoms with Gasteiger partial charge in [-0.3, -0.25) is 15.5 Å². The van der Waals surface area contributed by atoms with Crippen LogP contribution in [-0.2, 0) is 0 Å². The van der Waals surface area contributed by atoms with E-state index in [4.69, 9.17) is 11.6 Å². The van der Waals surface area contributed by atoms with Crippen molar-refractivity contribution in [1.29, 1.82) is 0 Å². The monoisotopic (exact) mass is 379 g/mol. The third-order valence-corrected chi connectivity index (χ3v) is 3.72. The van der Waals surface area contributed by atoms with Crippen molar-refractivity contribution in [1.82, 2.24) is 0 Å². The fourth-order valence-corrected chi connectivity index (χ4v) is 2.27. The maximum atomic E-state index is 11.0. The number of non-ortho nitro benzene ring substituents is 1. The van der Waals surface area contributed by atoms with Gasteiger partial charge in [0.25, 0.3) is 5.69 Å². The molecule has 0 aromatic heterocycles. The topological polar surface area (TPSA) is 92.2 Å². The van der Waals surface area contributed by atoms with Crippen LogP contribution in [-0.4, -0.2) is 10.8 Å². The molecule has 0 aliphatic rings. The average Bonchev–Trinajstić information content (AvgIpc) is 2.70. The lowest BCUT2D eigenvalue weighted by atomic mass is 10.2. The quantitative estimate of drug-likeness (QED) is 0.199. The Hall–Kier alpha value is -3.58. The summed E-state index contributed by atoms with van der Waals surface area (Å²) >= 11 is 5.87. The molecule has 0 bridgehead atoms. The summed E-state index contributed by atoms with van der Waals surface area (Å²) in [5, 5.41) is 24.2. The molecule has 0 fully saturated rings. The van der Waals surface area contributed by atoms with Gasteiger partial charge in [0.2, 0.25) is 5.84 Å². The first-order valence-electron chi connectivity index (χ1n) is 7.93. The standard InChI is InChI=1S/C19H14ClN5O2/c20-15-9-11-17(12-10-15)22-24-19(23-21-16-6-2-1-3-7-16)14-5-4-8-18(13-14)25(26)27/h1-13,21H/b23-19+,24-22?. The van der Waals surface area contributed by atoms with E-state index in [1.807, 2.05) is 30.3 Å². The maximum absolute atomic E-state index is 11.0. The van der Waals surface area contributed by atoms with E-state index < -0.39 is 4.92 Å². The van der Waals surface area contributed by atoms with Crippen molar-refractivity contribution >= 4 is 34.5 Å². The number of nitro benzene ring substituents is 1. The van der Waals surface area contributed by atoms with Gasteiger partial charge in [-0.2, -0.15) is 5.10 Å². The number of hydrogen-bond acceptors (Lipinski definition) is 5. The number of anilines is 1. The number of amidine groups is 1. The Kier molecular flexibility index (Phi) is 5.86. The van der Waals surface area contributed by atoms with Crippen LogP contribution < -0.4 is 5.43 Å². The summed E-state index contributed by atoms with van der Waals surface area (Å²) in [5.74, 6) is 0.206.